The molecule has 0 bridgehead atoms. The van der Waals surface area contributed by atoms with Crippen LogP contribution in [0.25, 0.3) is 11.5 Å². The van der Waals surface area contributed by atoms with Crippen molar-refractivity contribution in [2.45, 2.75) is 25.8 Å². The number of carbonyl (C=O) groups excluding carboxylic acids is 1. The molecule has 2 aromatic rings. The summed E-state index contributed by atoms with van der Waals surface area (Å²) in [6.45, 7) is 3.57. The van der Waals surface area contributed by atoms with Crippen LogP contribution in [0.15, 0.2) is 29.2 Å². The van der Waals surface area contributed by atoms with Gasteiger partial charge in [0.1, 0.15) is 5.69 Å². The lowest BCUT2D eigenvalue weighted by atomic mass is 10.1. The summed E-state index contributed by atoms with van der Waals surface area (Å²) in [5.74, 6) is 0.274. The average molecular weight is 327 g/mol. The Balaban J connectivity index is 1.74. The Kier molecular flexibility index (Phi) is 4.71. The SMILES string of the molecule is Cc1nc(-c2ccccn2)[nH]c(=O)c1CC(=O)N[C@H]1CCN(C)C1. The lowest BCUT2D eigenvalue weighted by Crippen LogP contribution is -2.38. The molecule has 24 heavy (non-hydrogen) atoms. The topological polar surface area (TPSA) is 91.0 Å². The summed E-state index contributed by atoms with van der Waals surface area (Å²) < 4.78 is 0. The van der Waals surface area contributed by atoms with Crippen LogP contribution in [0, 0.1) is 6.92 Å². The van der Waals surface area contributed by atoms with Gasteiger partial charge in [-0.25, -0.2) is 4.98 Å². The highest BCUT2D eigenvalue weighted by Gasteiger charge is 2.22. The minimum atomic E-state index is -0.290. The van der Waals surface area contributed by atoms with Crippen LogP contribution >= 0.6 is 0 Å². The third-order valence-corrected chi connectivity index (χ3v) is 4.22. The van der Waals surface area contributed by atoms with E-state index in [1.165, 1.54) is 0 Å². The lowest BCUT2D eigenvalue weighted by molar-refractivity contribution is -0.121. The van der Waals surface area contributed by atoms with Crippen molar-refractivity contribution in [1.29, 1.82) is 0 Å². The lowest BCUT2D eigenvalue weighted by Gasteiger charge is -2.13. The standard InChI is InChI=1S/C17H21N5O2/c1-11-13(9-15(23)20-12-6-8-22(2)10-12)17(24)21-16(19-11)14-5-3-4-7-18-14/h3-5,7,12H,6,8-10H2,1-2H3,(H,20,23)(H,19,21,24)/t12-/m0/s1. The molecule has 7 nitrogen and oxygen atoms in total. The maximum atomic E-state index is 12.3. The normalized spacial score (nSPS) is 17.8. The zero-order valence-corrected chi connectivity index (χ0v) is 13.9. The summed E-state index contributed by atoms with van der Waals surface area (Å²) in [5.41, 5.74) is 1.26. The van der Waals surface area contributed by atoms with Crippen LogP contribution < -0.4 is 10.9 Å². The predicted molar refractivity (Wildman–Crippen MR) is 90.6 cm³/mol. The second kappa shape index (κ2) is 6.92. The monoisotopic (exact) mass is 327 g/mol. The fourth-order valence-electron chi connectivity index (χ4n) is 2.93. The van der Waals surface area contributed by atoms with E-state index in [1.807, 2.05) is 13.1 Å². The Labute approximate surface area is 140 Å². The molecule has 3 heterocycles. The highest BCUT2D eigenvalue weighted by molar-refractivity contribution is 5.79. The molecule has 1 aliphatic heterocycles. The molecular formula is C17H21N5O2. The zero-order valence-electron chi connectivity index (χ0n) is 13.9. The van der Waals surface area contributed by atoms with Crippen LogP contribution in [-0.2, 0) is 11.2 Å². The van der Waals surface area contributed by atoms with Gasteiger partial charge in [-0.15, -0.1) is 0 Å². The van der Waals surface area contributed by atoms with Crippen molar-refractivity contribution in [3.05, 3.63) is 46.0 Å². The summed E-state index contributed by atoms with van der Waals surface area (Å²) in [4.78, 5) is 38.0. The van der Waals surface area contributed by atoms with Gasteiger partial charge in [0, 0.05) is 30.0 Å². The fourth-order valence-corrected chi connectivity index (χ4v) is 2.93. The van der Waals surface area contributed by atoms with Crippen molar-refractivity contribution < 1.29 is 4.79 Å². The first-order chi connectivity index (χ1) is 11.5. The minimum Gasteiger partial charge on any atom is -0.352 e. The summed E-state index contributed by atoms with van der Waals surface area (Å²) in [7, 11) is 2.03. The number of nitrogens with one attached hydrogen (secondary N) is 2. The number of likely N-dealkylation sites (N-methyl/N-ethyl adjacent to an activating group) is 1. The number of pyridine rings is 1. The Hall–Kier alpha value is -2.54. The van der Waals surface area contributed by atoms with Gasteiger partial charge in [-0.05, 0) is 39.1 Å². The second-order valence-corrected chi connectivity index (χ2v) is 6.19. The number of hydrogen-bond acceptors (Lipinski definition) is 5. The Bertz CT molecular complexity index is 787. The number of nitrogens with zero attached hydrogens (tertiary/aromatic N) is 3. The van der Waals surface area contributed by atoms with Crippen molar-refractivity contribution in [3.63, 3.8) is 0 Å². The maximum Gasteiger partial charge on any atom is 0.255 e. The molecule has 0 spiro atoms. The molecular weight excluding hydrogens is 306 g/mol. The van der Waals surface area contributed by atoms with E-state index in [0.717, 1.165) is 19.5 Å². The summed E-state index contributed by atoms with van der Waals surface area (Å²) in [6.07, 6.45) is 2.62. The van der Waals surface area contributed by atoms with Gasteiger partial charge >= 0.3 is 0 Å². The molecule has 2 N–H and O–H groups in total. The van der Waals surface area contributed by atoms with Crippen molar-refractivity contribution in [2.24, 2.45) is 0 Å². The molecule has 0 aromatic carbocycles. The zero-order chi connectivity index (χ0) is 17.1. The highest BCUT2D eigenvalue weighted by atomic mass is 16.2. The van der Waals surface area contributed by atoms with Crippen molar-refractivity contribution in [3.8, 4) is 11.5 Å². The number of aromatic amines is 1. The van der Waals surface area contributed by atoms with Gasteiger partial charge in [0.25, 0.3) is 5.56 Å². The molecule has 3 rings (SSSR count). The first-order valence-electron chi connectivity index (χ1n) is 8.02. The van der Waals surface area contributed by atoms with Gasteiger partial charge in [0.15, 0.2) is 5.82 Å². The fraction of sp³-hybridized carbons (Fsp3) is 0.412. The third kappa shape index (κ3) is 3.68. The van der Waals surface area contributed by atoms with Crippen LogP contribution in [0.3, 0.4) is 0 Å². The Morgan fingerprint density at radius 1 is 1.46 bits per heavy atom. The highest BCUT2D eigenvalue weighted by Crippen LogP contribution is 2.11. The van der Waals surface area contributed by atoms with Gasteiger partial charge in [0.05, 0.1) is 6.42 Å². The number of rotatable bonds is 4. The third-order valence-electron chi connectivity index (χ3n) is 4.22. The molecule has 1 amide bonds. The quantitative estimate of drug-likeness (QED) is 0.853. The molecule has 1 aliphatic rings. The average Bonchev–Trinajstić information content (AvgIpc) is 2.96. The Morgan fingerprint density at radius 3 is 2.92 bits per heavy atom. The van der Waals surface area contributed by atoms with Gasteiger partial charge in [0.2, 0.25) is 5.91 Å². The molecule has 7 heteroatoms. The van der Waals surface area contributed by atoms with E-state index in [1.54, 1.807) is 25.3 Å². The van der Waals surface area contributed by atoms with E-state index in [-0.39, 0.29) is 23.9 Å². The van der Waals surface area contributed by atoms with Gasteiger partial charge in [-0.2, -0.15) is 0 Å². The number of amides is 1. The molecule has 1 fully saturated rings. The van der Waals surface area contributed by atoms with Crippen molar-refractivity contribution in [2.75, 3.05) is 20.1 Å². The van der Waals surface area contributed by atoms with Crippen LogP contribution in [0.1, 0.15) is 17.7 Å². The first kappa shape index (κ1) is 16.3. The van der Waals surface area contributed by atoms with Crippen LogP contribution in [-0.4, -0.2) is 51.9 Å². The first-order valence-corrected chi connectivity index (χ1v) is 8.02. The number of carbonyl (C=O) groups is 1. The van der Waals surface area contributed by atoms with E-state index in [9.17, 15) is 9.59 Å². The van der Waals surface area contributed by atoms with E-state index < -0.39 is 0 Å². The number of aryl methyl sites for hydroxylation is 1. The minimum absolute atomic E-state index is 0.0386. The molecule has 126 valence electrons. The molecule has 2 aromatic heterocycles. The molecule has 0 radical (unpaired) electrons. The van der Waals surface area contributed by atoms with Crippen molar-refractivity contribution in [1.82, 2.24) is 25.2 Å². The predicted octanol–water partition coefficient (Wildman–Crippen LogP) is 0.503. The van der Waals surface area contributed by atoms with Crippen LogP contribution in [0.4, 0.5) is 0 Å². The summed E-state index contributed by atoms with van der Waals surface area (Å²) >= 11 is 0. The van der Waals surface area contributed by atoms with Gasteiger partial charge in [-0.3, -0.25) is 14.6 Å². The van der Waals surface area contributed by atoms with E-state index in [2.05, 4.69) is 25.2 Å². The number of hydrogen-bond donors (Lipinski definition) is 2. The molecule has 1 saturated heterocycles. The Morgan fingerprint density at radius 2 is 2.29 bits per heavy atom. The number of aromatic nitrogens is 3. The largest absolute Gasteiger partial charge is 0.352 e. The van der Waals surface area contributed by atoms with Gasteiger partial charge < -0.3 is 15.2 Å². The van der Waals surface area contributed by atoms with E-state index in [0.29, 0.717) is 22.8 Å². The summed E-state index contributed by atoms with van der Waals surface area (Å²) in [6, 6.07) is 5.56. The molecule has 0 unspecified atom stereocenters. The summed E-state index contributed by atoms with van der Waals surface area (Å²) in [5, 5.41) is 2.98. The van der Waals surface area contributed by atoms with Crippen molar-refractivity contribution >= 4 is 5.91 Å². The van der Waals surface area contributed by atoms with E-state index in [4.69, 9.17) is 0 Å². The van der Waals surface area contributed by atoms with Gasteiger partial charge in [-0.1, -0.05) is 6.07 Å². The molecule has 0 aliphatic carbocycles. The second-order valence-electron chi connectivity index (χ2n) is 6.19. The molecule has 0 saturated carbocycles. The smallest absolute Gasteiger partial charge is 0.255 e. The molecule has 1 atom stereocenters. The van der Waals surface area contributed by atoms with Crippen LogP contribution in [0.5, 0.6) is 0 Å². The van der Waals surface area contributed by atoms with E-state index >= 15 is 0 Å². The van der Waals surface area contributed by atoms with Crippen LogP contribution in [0.2, 0.25) is 0 Å². The number of likely N-dealkylation sites (tertiary alicyclic amines) is 1. The number of H-pyrrole nitrogens is 1. The maximum absolute atomic E-state index is 12.3.